The zero-order chi connectivity index (χ0) is 11.7. The first-order chi connectivity index (χ1) is 6.80. The van der Waals surface area contributed by atoms with Gasteiger partial charge in [-0.3, -0.25) is 14.7 Å². The number of alkyl halides is 1. The molecule has 0 aliphatic rings. The molecule has 1 unspecified atom stereocenters. The zero-order valence-corrected chi connectivity index (χ0v) is 8.77. The predicted octanol–water partition coefficient (Wildman–Crippen LogP) is 1.20. The molecule has 1 atom stereocenters. The molecule has 0 fully saturated rings. The van der Waals surface area contributed by atoms with E-state index < -0.39 is 19.4 Å². The van der Waals surface area contributed by atoms with Gasteiger partial charge in [-0.25, -0.2) is 0 Å². The van der Waals surface area contributed by atoms with Crippen LogP contribution < -0.4 is 0 Å². The van der Waals surface area contributed by atoms with Crippen molar-refractivity contribution in [2.24, 2.45) is 0 Å². The molecule has 6 nitrogen and oxygen atoms in total. The third-order valence-corrected chi connectivity index (χ3v) is 3.72. The molecular formula is C7H6ClNO5S. The molecule has 15 heavy (non-hydrogen) atoms. The van der Waals surface area contributed by atoms with Gasteiger partial charge in [-0.05, 0) is 23.7 Å². The maximum Gasteiger partial charge on any atom is 0.442 e. The van der Waals surface area contributed by atoms with E-state index >= 15 is 0 Å². The summed E-state index contributed by atoms with van der Waals surface area (Å²) in [6, 6.07) is 6.57. The Morgan fingerprint density at radius 2 is 1.80 bits per heavy atom. The second-order valence-electron chi connectivity index (χ2n) is 2.66. The minimum absolute atomic E-state index is 0.320. The summed E-state index contributed by atoms with van der Waals surface area (Å²) in [5.41, 5.74) is -0.320. The van der Waals surface area contributed by atoms with Gasteiger partial charge >= 0.3 is 14.4 Å². The fourth-order valence-electron chi connectivity index (χ4n) is 0.992. The number of nitro groups is 1. The molecule has 0 amide bonds. The minimum Gasteiger partial charge on any atom is -0.279 e. The van der Waals surface area contributed by atoms with Crippen molar-refractivity contribution in [3.8, 4) is 0 Å². The molecule has 1 aromatic rings. The first kappa shape index (κ1) is 11.9. The van der Waals surface area contributed by atoms with Crippen LogP contribution in [-0.2, 0) is 14.4 Å². The highest BCUT2D eigenvalue weighted by Crippen LogP contribution is 2.34. The number of nitrogens with zero attached hydrogens (tertiary/aromatic N) is 1. The van der Waals surface area contributed by atoms with Gasteiger partial charge in [0, 0.05) is 0 Å². The number of hydrogen-bond donors (Lipinski definition) is 1. The van der Waals surface area contributed by atoms with Crippen LogP contribution >= 0.6 is 11.6 Å². The maximum atomic E-state index is 10.9. The third kappa shape index (κ3) is 1.94. The molecule has 0 aromatic heterocycles. The molecule has 0 saturated carbocycles. The average molecular weight is 252 g/mol. The molecule has 0 bridgehead atoms. The highest BCUT2D eigenvalue weighted by Gasteiger charge is 2.56. The molecule has 0 aliphatic heterocycles. The maximum absolute atomic E-state index is 10.9. The van der Waals surface area contributed by atoms with Gasteiger partial charge in [0.1, 0.15) is 0 Å². The molecule has 0 spiro atoms. The van der Waals surface area contributed by atoms with Crippen molar-refractivity contribution in [3.63, 3.8) is 0 Å². The van der Waals surface area contributed by atoms with Crippen molar-refractivity contribution in [1.82, 2.24) is 0 Å². The molecule has 0 aliphatic carbocycles. The summed E-state index contributed by atoms with van der Waals surface area (Å²) in [7, 11) is -5.05. The van der Waals surface area contributed by atoms with E-state index in [1.54, 1.807) is 0 Å². The largest absolute Gasteiger partial charge is 0.442 e. The van der Waals surface area contributed by atoms with E-state index in [0.29, 0.717) is 0 Å². The van der Waals surface area contributed by atoms with E-state index in [9.17, 15) is 18.5 Å². The number of benzene rings is 1. The van der Waals surface area contributed by atoms with Crippen molar-refractivity contribution >= 4 is 21.7 Å². The average Bonchev–Trinajstić information content (AvgIpc) is 2.16. The zero-order valence-electron chi connectivity index (χ0n) is 7.20. The van der Waals surface area contributed by atoms with Crippen LogP contribution in [0.25, 0.3) is 0 Å². The van der Waals surface area contributed by atoms with E-state index in [-0.39, 0.29) is 5.56 Å². The summed E-state index contributed by atoms with van der Waals surface area (Å²) in [5, 5.41) is 10.6. The van der Waals surface area contributed by atoms with Gasteiger partial charge in [0.25, 0.3) is 0 Å². The van der Waals surface area contributed by atoms with Crippen LogP contribution in [0.1, 0.15) is 5.56 Å². The molecule has 0 saturated heterocycles. The van der Waals surface area contributed by atoms with Crippen molar-refractivity contribution in [1.29, 1.82) is 0 Å². The van der Waals surface area contributed by atoms with Crippen LogP contribution in [0.2, 0.25) is 0 Å². The Labute approximate surface area is 90.4 Å². The molecular weight excluding hydrogens is 246 g/mol. The molecule has 1 N–H and O–H groups in total. The lowest BCUT2D eigenvalue weighted by Crippen LogP contribution is -2.37. The number of rotatable bonds is 3. The summed E-state index contributed by atoms with van der Waals surface area (Å²) in [6.07, 6.45) is 0. The van der Waals surface area contributed by atoms with E-state index in [1.165, 1.54) is 18.2 Å². The third-order valence-electron chi connectivity index (χ3n) is 1.71. The number of halogens is 1. The van der Waals surface area contributed by atoms with Crippen LogP contribution in [0.5, 0.6) is 0 Å². The Morgan fingerprint density at radius 3 is 2.13 bits per heavy atom. The first-order valence-electron chi connectivity index (χ1n) is 3.66. The number of hydrogen-bond acceptors (Lipinski definition) is 4. The van der Waals surface area contributed by atoms with Crippen LogP contribution in [0.15, 0.2) is 30.3 Å². The van der Waals surface area contributed by atoms with Crippen molar-refractivity contribution < 1.29 is 17.9 Å². The van der Waals surface area contributed by atoms with E-state index in [1.807, 2.05) is 0 Å². The monoisotopic (exact) mass is 251 g/mol. The lowest BCUT2D eigenvalue weighted by atomic mass is 10.2. The lowest BCUT2D eigenvalue weighted by molar-refractivity contribution is -0.523. The van der Waals surface area contributed by atoms with Gasteiger partial charge < -0.3 is 0 Å². The van der Waals surface area contributed by atoms with E-state index in [4.69, 9.17) is 16.2 Å². The topological polar surface area (TPSA) is 97.5 Å². The van der Waals surface area contributed by atoms with Gasteiger partial charge in [0.2, 0.25) is 0 Å². The quantitative estimate of drug-likeness (QED) is 0.286. The summed E-state index contributed by atoms with van der Waals surface area (Å²) in [4.78, 5) is 9.34. The first-order valence-corrected chi connectivity index (χ1v) is 5.48. The van der Waals surface area contributed by atoms with Gasteiger partial charge in [0.05, 0.1) is 10.5 Å². The van der Waals surface area contributed by atoms with Gasteiger partial charge in [0.15, 0.2) is 0 Å². The van der Waals surface area contributed by atoms with Gasteiger partial charge in [-0.2, -0.15) is 8.42 Å². The molecule has 1 aromatic carbocycles. The predicted molar refractivity (Wildman–Crippen MR) is 52.5 cm³/mol. The molecule has 0 heterocycles. The van der Waals surface area contributed by atoms with Crippen LogP contribution in [0.3, 0.4) is 0 Å². The highest BCUT2D eigenvalue weighted by molar-refractivity contribution is 7.87. The Kier molecular flexibility index (Phi) is 2.98. The van der Waals surface area contributed by atoms with Crippen LogP contribution in [0, 0.1) is 10.1 Å². The summed E-state index contributed by atoms with van der Waals surface area (Å²) < 4.78 is 27.5. The van der Waals surface area contributed by atoms with Crippen molar-refractivity contribution in [2.75, 3.05) is 0 Å². The standard InChI is InChI=1S/C7H6ClNO5S/c8-7(9(10)11,15(12,13)14)6-4-2-1-3-5-6/h1-5H,(H,12,13,14). The molecule has 8 heteroatoms. The highest BCUT2D eigenvalue weighted by atomic mass is 35.5. The minimum atomic E-state index is -5.05. The Bertz CT molecular complexity index is 473. The fraction of sp³-hybridized carbons (Fsp3) is 0.143. The molecule has 0 radical (unpaired) electrons. The fourth-order valence-corrected chi connectivity index (χ4v) is 1.74. The van der Waals surface area contributed by atoms with E-state index in [0.717, 1.165) is 12.1 Å². The smallest absolute Gasteiger partial charge is 0.279 e. The molecule has 82 valence electrons. The second-order valence-corrected chi connectivity index (χ2v) is 4.97. The van der Waals surface area contributed by atoms with Crippen molar-refractivity contribution in [3.05, 3.63) is 46.0 Å². The molecule has 1 rings (SSSR count). The Hall–Kier alpha value is -1.18. The summed E-state index contributed by atoms with van der Waals surface area (Å²) in [6.45, 7) is 0. The second kappa shape index (κ2) is 3.76. The lowest BCUT2D eigenvalue weighted by Gasteiger charge is -2.14. The normalized spacial score (nSPS) is 15.6. The van der Waals surface area contributed by atoms with Gasteiger partial charge in [-0.1, -0.05) is 18.2 Å². The summed E-state index contributed by atoms with van der Waals surface area (Å²) >= 11 is 5.34. The SMILES string of the molecule is O=[N+]([O-])C(Cl)(c1ccccc1)S(=O)(=O)O. The van der Waals surface area contributed by atoms with E-state index in [2.05, 4.69) is 0 Å². The Morgan fingerprint density at radius 1 is 1.33 bits per heavy atom. The van der Waals surface area contributed by atoms with Crippen LogP contribution in [0.4, 0.5) is 0 Å². The van der Waals surface area contributed by atoms with Crippen LogP contribution in [-0.4, -0.2) is 17.9 Å². The summed E-state index contributed by atoms with van der Waals surface area (Å²) in [5.74, 6) is 0. The Balaban J connectivity index is 3.46. The van der Waals surface area contributed by atoms with Gasteiger partial charge in [-0.15, -0.1) is 0 Å². The van der Waals surface area contributed by atoms with Crippen molar-refractivity contribution in [2.45, 2.75) is 4.33 Å².